The summed E-state index contributed by atoms with van der Waals surface area (Å²) in [6, 6.07) is 15.1. The molecule has 0 unspecified atom stereocenters. The van der Waals surface area contributed by atoms with Gasteiger partial charge in [0.1, 0.15) is 5.82 Å². The Labute approximate surface area is 180 Å². The number of carbonyl (C=O) groups is 1. The Hall–Kier alpha value is -2.62. The van der Waals surface area contributed by atoms with Gasteiger partial charge < -0.3 is 9.88 Å². The molecule has 3 rings (SSSR count). The third kappa shape index (κ3) is 5.50. The number of aryl methyl sites for hydroxylation is 3. The number of carbonyl (C=O) groups excluding carboxylic acids is 1. The van der Waals surface area contributed by atoms with Crippen LogP contribution in [0.4, 0.5) is 0 Å². The molecule has 0 aliphatic heterocycles. The minimum atomic E-state index is -0.321. The first-order valence-corrected chi connectivity index (χ1v) is 11.0. The fraction of sp³-hybridized carbons (Fsp3) is 0.462. The Morgan fingerprint density at radius 1 is 1.03 bits per heavy atom. The second-order valence-corrected chi connectivity index (χ2v) is 9.35. The zero-order chi connectivity index (χ0) is 21.7. The molecule has 0 aliphatic rings. The van der Waals surface area contributed by atoms with E-state index in [-0.39, 0.29) is 11.3 Å². The predicted octanol–water partition coefficient (Wildman–Crippen LogP) is 5.58. The standard InChI is InChI=1S/C26H35N3O/c1-19-14-15-20(2)21(17-19)18-29-23-12-9-8-11-22(23)28-24(29)13-7-6-10-16-27-25(30)26(3,4)5/h8-9,11-12,14-15,17H,6-7,10,13,16,18H2,1-5H3,(H,27,30). The van der Waals surface area contributed by atoms with Gasteiger partial charge in [-0.15, -0.1) is 0 Å². The maximum Gasteiger partial charge on any atom is 0.225 e. The lowest BCUT2D eigenvalue weighted by Gasteiger charge is -2.17. The summed E-state index contributed by atoms with van der Waals surface area (Å²) in [4.78, 5) is 16.9. The molecule has 2 aromatic carbocycles. The van der Waals surface area contributed by atoms with E-state index in [0.717, 1.165) is 50.1 Å². The molecule has 0 aliphatic carbocycles. The summed E-state index contributed by atoms with van der Waals surface area (Å²) in [6.45, 7) is 11.8. The predicted molar refractivity (Wildman–Crippen MR) is 125 cm³/mol. The second kappa shape index (κ2) is 9.46. The summed E-state index contributed by atoms with van der Waals surface area (Å²) >= 11 is 0. The number of amides is 1. The van der Waals surface area contributed by atoms with Gasteiger partial charge in [0.15, 0.2) is 0 Å². The normalized spacial score (nSPS) is 11.8. The summed E-state index contributed by atoms with van der Waals surface area (Å²) in [6.07, 6.45) is 4.10. The topological polar surface area (TPSA) is 46.9 Å². The van der Waals surface area contributed by atoms with Gasteiger partial charge in [-0.05, 0) is 49.9 Å². The zero-order valence-corrected chi connectivity index (χ0v) is 19.1. The Balaban J connectivity index is 1.65. The van der Waals surface area contributed by atoms with E-state index >= 15 is 0 Å². The number of hydrogen-bond acceptors (Lipinski definition) is 2. The van der Waals surface area contributed by atoms with Gasteiger partial charge in [0.05, 0.1) is 11.0 Å². The molecule has 30 heavy (non-hydrogen) atoms. The van der Waals surface area contributed by atoms with E-state index < -0.39 is 0 Å². The van der Waals surface area contributed by atoms with E-state index in [2.05, 4.69) is 66.2 Å². The largest absolute Gasteiger partial charge is 0.356 e. The molecule has 0 atom stereocenters. The maximum atomic E-state index is 12.0. The monoisotopic (exact) mass is 405 g/mol. The molecule has 3 aromatic rings. The zero-order valence-electron chi connectivity index (χ0n) is 19.1. The van der Waals surface area contributed by atoms with E-state index in [1.54, 1.807) is 0 Å². The third-order valence-electron chi connectivity index (χ3n) is 5.61. The van der Waals surface area contributed by atoms with Crippen LogP contribution in [0.3, 0.4) is 0 Å². The third-order valence-corrected chi connectivity index (χ3v) is 5.61. The van der Waals surface area contributed by atoms with Gasteiger partial charge >= 0.3 is 0 Å². The molecule has 1 amide bonds. The maximum absolute atomic E-state index is 12.0. The van der Waals surface area contributed by atoms with Crippen molar-refractivity contribution in [2.24, 2.45) is 5.41 Å². The summed E-state index contributed by atoms with van der Waals surface area (Å²) in [7, 11) is 0. The van der Waals surface area contributed by atoms with Gasteiger partial charge in [0, 0.05) is 24.9 Å². The number of nitrogens with zero attached hydrogens (tertiary/aromatic N) is 2. The number of aromatic nitrogens is 2. The highest BCUT2D eigenvalue weighted by Crippen LogP contribution is 2.21. The van der Waals surface area contributed by atoms with Gasteiger partial charge in [0.2, 0.25) is 5.91 Å². The van der Waals surface area contributed by atoms with Crippen LogP contribution in [0.5, 0.6) is 0 Å². The highest BCUT2D eigenvalue weighted by molar-refractivity contribution is 5.81. The van der Waals surface area contributed by atoms with Gasteiger partial charge in [-0.2, -0.15) is 0 Å². The van der Waals surface area contributed by atoms with Gasteiger partial charge in [-0.3, -0.25) is 4.79 Å². The van der Waals surface area contributed by atoms with Crippen molar-refractivity contribution in [1.82, 2.24) is 14.9 Å². The van der Waals surface area contributed by atoms with Crippen LogP contribution in [0.25, 0.3) is 11.0 Å². The van der Waals surface area contributed by atoms with Crippen molar-refractivity contribution in [2.45, 2.75) is 66.8 Å². The van der Waals surface area contributed by atoms with Crippen molar-refractivity contribution in [2.75, 3.05) is 6.54 Å². The van der Waals surface area contributed by atoms with Crippen LogP contribution in [-0.4, -0.2) is 22.0 Å². The first-order chi connectivity index (χ1) is 14.3. The number of hydrogen-bond donors (Lipinski definition) is 1. The summed E-state index contributed by atoms with van der Waals surface area (Å²) in [5.74, 6) is 1.27. The van der Waals surface area contributed by atoms with Crippen LogP contribution in [-0.2, 0) is 17.8 Å². The van der Waals surface area contributed by atoms with Crippen molar-refractivity contribution in [3.63, 3.8) is 0 Å². The van der Waals surface area contributed by atoms with Gasteiger partial charge in [-0.1, -0.05) is 63.1 Å². The van der Waals surface area contributed by atoms with Crippen molar-refractivity contribution in [1.29, 1.82) is 0 Å². The van der Waals surface area contributed by atoms with Crippen LogP contribution in [0.2, 0.25) is 0 Å². The summed E-state index contributed by atoms with van der Waals surface area (Å²) < 4.78 is 2.37. The molecule has 0 fully saturated rings. The van der Waals surface area contributed by atoms with Crippen LogP contribution < -0.4 is 5.32 Å². The van der Waals surface area contributed by atoms with Crippen molar-refractivity contribution in [3.8, 4) is 0 Å². The quantitative estimate of drug-likeness (QED) is 0.498. The minimum Gasteiger partial charge on any atom is -0.356 e. The fourth-order valence-electron chi connectivity index (χ4n) is 3.69. The molecule has 1 heterocycles. The summed E-state index contributed by atoms with van der Waals surface area (Å²) in [5, 5.41) is 3.04. The van der Waals surface area contributed by atoms with E-state index in [1.807, 2.05) is 20.8 Å². The first kappa shape index (κ1) is 22.1. The van der Waals surface area contributed by atoms with Crippen LogP contribution in [0.1, 0.15) is 62.5 Å². The van der Waals surface area contributed by atoms with Crippen LogP contribution in [0, 0.1) is 19.3 Å². The Morgan fingerprint density at radius 3 is 2.57 bits per heavy atom. The number of benzene rings is 2. The average Bonchev–Trinajstić information content (AvgIpc) is 3.04. The smallest absolute Gasteiger partial charge is 0.225 e. The van der Waals surface area contributed by atoms with Gasteiger partial charge in [-0.25, -0.2) is 4.98 Å². The average molecular weight is 406 g/mol. The molecule has 0 saturated heterocycles. The highest BCUT2D eigenvalue weighted by atomic mass is 16.2. The van der Waals surface area contributed by atoms with E-state index in [4.69, 9.17) is 4.98 Å². The molecule has 4 nitrogen and oxygen atoms in total. The highest BCUT2D eigenvalue weighted by Gasteiger charge is 2.20. The number of nitrogens with one attached hydrogen (secondary N) is 1. The molecule has 0 radical (unpaired) electrons. The van der Waals surface area contributed by atoms with Crippen molar-refractivity contribution in [3.05, 3.63) is 65.0 Å². The van der Waals surface area contributed by atoms with E-state index in [1.165, 1.54) is 22.2 Å². The summed E-state index contributed by atoms with van der Waals surface area (Å²) in [5.41, 5.74) is 5.90. The number of imidazole rings is 1. The number of para-hydroxylation sites is 2. The fourth-order valence-corrected chi connectivity index (χ4v) is 3.69. The lowest BCUT2D eigenvalue weighted by atomic mass is 9.96. The van der Waals surface area contributed by atoms with Crippen LogP contribution in [0.15, 0.2) is 42.5 Å². The lowest BCUT2D eigenvalue weighted by Crippen LogP contribution is -2.35. The van der Waals surface area contributed by atoms with E-state index in [9.17, 15) is 4.79 Å². The second-order valence-electron chi connectivity index (χ2n) is 9.35. The molecule has 160 valence electrons. The first-order valence-electron chi connectivity index (χ1n) is 11.0. The molecular weight excluding hydrogens is 370 g/mol. The minimum absolute atomic E-state index is 0.123. The Morgan fingerprint density at radius 2 is 1.80 bits per heavy atom. The Bertz CT molecular complexity index is 1010. The molecule has 1 aromatic heterocycles. The molecule has 1 N–H and O–H groups in total. The number of unbranched alkanes of at least 4 members (excludes halogenated alkanes) is 2. The molecule has 0 bridgehead atoms. The van der Waals surface area contributed by atoms with Crippen molar-refractivity contribution >= 4 is 16.9 Å². The number of fused-ring (bicyclic) bond motifs is 1. The molecule has 4 heteroatoms. The molecule has 0 saturated carbocycles. The van der Waals surface area contributed by atoms with E-state index in [0.29, 0.717) is 0 Å². The van der Waals surface area contributed by atoms with Gasteiger partial charge in [0.25, 0.3) is 0 Å². The SMILES string of the molecule is Cc1ccc(C)c(Cn2c(CCCCCNC(=O)C(C)(C)C)nc3ccccc32)c1. The Kier molecular flexibility index (Phi) is 6.96. The van der Waals surface area contributed by atoms with Crippen LogP contribution >= 0.6 is 0 Å². The molecular formula is C26H35N3O. The van der Waals surface area contributed by atoms with Crippen molar-refractivity contribution < 1.29 is 4.79 Å². The lowest BCUT2D eigenvalue weighted by molar-refractivity contribution is -0.128. The molecule has 0 spiro atoms. The number of rotatable bonds is 8.